The number of carbonyl (C=O) groups excluding carboxylic acids is 2. The summed E-state index contributed by atoms with van der Waals surface area (Å²) in [5, 5.41) is 7.47. The van der Waals surface area contributed by atoms with Gasteiger partial charge in [0.15, 0.2) is 5.69 Å². The molecule has 2 aliphatic rings. The highest BCUT2D eigenvalue weighted by Crippen LogP contribution is 2.41. The number of rotatable bonds is 2. The summed E-state index contributed by atoms with van der Waals surface area (Å²) in [4.78, 5) is 25.6. The number of piperazine rings is 1. The van der Waals surface area contributed by atoms with Crippen LogP contribution in [-0.2, 0) is 4.79 Å². The molecule has 7 heteroatoms. The van der Waals surface area contributed by atoms with Gasteiger partial charge < -0.3 is 10.2 Å². The van der Waals surface area contributed by atoms with Gasteiger partial charge in [0, 0.05) is 18.8 Å². The van der Waals surface area contributed by atoms with Crippen molar-refractivity contribution in [3.63, 3.8) is 0 Å². The van der Waals surface area contributed by atoms with Crippen LogP contribution in [-0.4, -0.2) is 46.0 Å². The lowest BCUT2D eigenvalue weighted by atomic mass is 10.1. The molecule has 2 fully saturated rings. The zero-order valence-corrected chi connectivity index (χ0v) is 13.6. The first-order valence-electron chi connectivity index (χ1n) is 7.79. The van der Waals surface area contributed by atoms with E-state index in [4.69, 9.17) is 11.6 Å². The van der Waals surface area contributed by atoms with Gasteiger partial charge in [-0.05, 0) is 43.4 Å². The summed E-state index contributed by atoms with van der Waals surface area (Å²) in [5.41, 5.74) is 3.20. The SMILES string of the molecule is Cc1cc(C2CC2)cc2c(Cl)c(C(=O)N3CCNC(=O)C3)nn12. The number of fused-ring (bicyclic) bond motifs is 1. The molecule has 1 aliphatic heterocycles. The molecule has 0 aromatic carbocycles. The van der Waals surface area contributed by atoms with E-state index >= 15 is 0 Å². The van der Waals surface area contributed by atoms with E-state index in [9.17, 15) is 9.59 Å². The molecule has 23 heavy (non-hydrogen) atoms. The number of halogens is 1. The summed E-state index contributed by atoms with van der Waals surface area (Å²) < 4.78 is 1.71. The van der Waals surface area contributed by atoms with E-state index in [1.54, 1.807) is 4.52 Å². The maximum atomic E-state index is 12.7. The van der Waals surface area contributed by atoms with Crippen LogP contribution in [0.15, 0.2) is 12.1 Å². The third-order valence-corrected chi connectivity index (χ3v) is 4.82. The average Bonchev–Trinajstić information content (AvgIpc) is 3.32. The van der Waals surface area contributed by atoms with Crippen LogP contribution in [0.4, 0.5) is 0 Å². The summed E-state index contributed by atoms with van der Waals surface area (Å²) in [7, 11) is 0. The maximum absolute atomic E-state index is 12.7. The van der Waals surface area contributed by atoms with Gasteiger partial charge in [-0.15, -0.1) is 0 Å². The Kier molecular flexibility index (Phi) is 3.30. The number of nitrogens with zero attached hydrogens (tertiary/aromatic N) is 3. The number of nitrogens with one attached hydrogen (secondary N) is 1. The second kappa shape index (κ2) is 5.23. The van der Waals surface area contributed by atoms with Crippen LogP contribution in [0.5, 0.6) is 0 Å². The number of carbonyl (C=O) groups is 2. The number of aryl methyl sites for hydroxylation is 1. The van der Waals surface area contributed by atoms with E-state index in [-0.39, 0.29) is 24.1 Å². The van der Waals surface area contributed by atoms with Crippen LogP contribution in [0.2, 0.25) is 5.02 Å². The Hall–Kier alpha value is -2.08. The molecular weight excluding hydrogens is 316 g/mol. The fourth-order valence-electron chi connectivity index (χ4n) is 3.06. The average molecular weight is 333 g/mol. The van der Waals surface area contributed by atoms with Crippen molar-refractivity contribution in [2.45, 2.75) is 25.7 Å². The van der Waals surface area contributed by atoms with Crippen molar-refractivity contribution < 1.29 is 9.59 Å². The molecule has 0 radical (unpaired) electrons. The highest BCUT2D eigenvalue weighted by atomic mass is 35.5. The highest BCUT2D eigenvalue weighted by molar-refractivity contribution is 6.36. The van der Waals surface area contributed by atoms with E-state index < -0.39 is 0 Å². The molecule has 2 amide bonds. The molecule has 4 rings (SSSR count). The van der Waals surface area contributed by atoms with Crippen molar-refractivity contribution in [2.24, 2.45) is 0 Å². The Morgan fingerprint density at radius 2 is 2.17 bits per heavy atom. The predicted octanol–water partition coefficient (Wildman–Crippen LogP) is 1.75. The minimum absolute atomic E-state index is 0.0509. The van der Waals surface area contributed by atoms with E-state index in [1.165, 1.54) is 23.3 Å². The maximum Gasteiger partial charge on any atom is 0.276 e. The zero-order valence-electron chi connectivity index (χ0n) is 12.8. The zero-order chi connectivity index (χ0) is 16.1. The lowest BCUT2D eigenvalue weighted by molar-refractivity contribution is -0.123. The van der Waals surface area contributed by atoms with Gasteiger partial charge in [0.05, 0.1) is 17.1 Å². The van der Waals surface area contributed by atoms with Crippen LogP contribution in [0.1, 0.15) is 40.5 Å². The summed E-state index contributed by atoms with van der Waals surface area (Å²) in [5.74, 6) is 0.159. The van der Waals surface area contributed by atoms with E-state index in [2.05, 4.69) is 16.5 Å². The van der Waals surface area contributed by atoms with Crippen LogP contribution in [0, 0.1) is 6.92 Å². The first kappa shape index (κ1) is 14.5. The second-order valence-electron chi connectivity index (χ2n) is 6.24. The lowest BCUT2D eigenvalue weighted by Gasteiger charge is -2.25. The summed E-state index contributed by atoms with van der Waals surface area (Å²) in [6, 6.07) is 4.14. The molecule has 1 saturated heterocycles. The summed E-state index contributed by atoms with van der Waals surface area (Å²) in [6.07, 6.45) is 2.41. The number of pyridine rings is 1. The third-order valence-electron chi connectivity index (χ3n) is 4.45. The summed E-state index contributed by atoms with van der Waals surface area (Å²) in [6.45, 7) is 2.95. The minimum Gasteiger partial charge on any atom is -0.353 e. The molecule has 0 atom stereocenters. The van der Waals surface area contributed by atoms with Crippen LogP contribution < -0.4 is 5.32 Å². The van der Waals surface area contributed by atoms with Crippen molar-refractivity contribution in [1.82, 2.24) is 19.8 Å². The molecule has 0 spiro atoms. The number of hydrogen-bond donors (Lipinski definition) is 1. The smallest absolute Gasteiger partial charge is 0.276 e. The molecule has 3 heterocycles. The van der Waals surface area contributed by atoms with Crippen molar-refractivity contribution in [3.8, 4) is 0 Å². The Labute approximate surface area is 138 Å². The van der Waals surface area contributed by atoms with Crippen molar-refractivity contribution in [2.75, 3.05) is 19.6 Å². The number of amides is 2. The van der Waals surface area contributed by atoms with Crippen LogP contribution in [0.3, 0.4) is 0 Å². The molecule has 120 valence electrons. The van der Waals surface area contributed by atoms with Crippen molar-refractivity contribution >= 4 is 28.9 Å². The molecule has 1 aliphatic carbocycles. The van der Waals surface area contributed by atoms with Gasteiger partial charge >= 0.3 is 0 Å². The lowest BCUT2D eigenvalue weighted by Crippen LogP contribution is -2.50. The Morgan fingerprint density at radius 1 is 1.39 bits per heavy atom. The third kappa shape index (κ3) is 2.47. The van der Waals surface area contributed by atoms with Gasteiger partial charge in [0.25, 0.3) is 5.91 Å². The second-order valence-corrected chi connectivity index (χ2v) is 6.62. The molecule has 0 bridgehead atoms. The van der Waals surface area contributed by atoms with Gasteiger partial charge in [-0.2, -0.15) is 5.10 Å². The van der Waals surface area contributed by atoms with E-state index in [0.717, 1.165) is 11.2 Å². The molecule has 1 saturated carbocycles. The van der Waals surface area contributed by atoms with Gasteiger partial charge in [0.2, 0.25) is 5.91 Å². The first-order valence-corrected chi connectivity index (χ1v) is 8.17. The van der Waals surface area contributed by atoms with Crippen molar-refractivity contribution in [3.05, 3.63) is 34.1 Å². The van der Waals surface area contributed by atoms with E-state index in [0.29, 0.717) is 24.0 Å². The fourth-order valence-corrected chi connectivity index (χ4v) is 3.31. The normalized spacial score (nSPS) is 18.3. The molecule has 6 nitrogen and oxygen atoms in total. The Balaban J connectivity index is 1.75. The quantitative estimate of drug-likeness (QED) is 0.911. The molecule has 2 aromatic heterocycles. The first-order chi connectivity index (χ1) is 11.0. The van der Waals surface area contributed by atoms with E-state index in [1.807, 2.05) is 13.0 Å². The Bertz CT molecular complexity index is 825. The largest absolute Gasteiger partial charge is 0.353 e. The fraction of sp³-hybridized carbons (Fsp3) is 0.438. The van der Waals surface area contributed by atoms with Gasteiger partial charge in [-0.3, -0.25) is 9.59 Å². The van der Waals surface area contributed by atoms with Gasteiger partial charge in [-0.25, -0.2) is 4.52 Å². The van der Waals surface area contributed by atoms with Crippen molar-refractivity contribution in [1.29, 1.82) is 0 Å². The molecule has 1 N–H and O–H groups in total. The minimum atomic E-state index is -0.291. The molecule has 2 aromatic rings. The monoisotopic (exact) mass is 332 g/mol. The standard InChI is InChI=1S/C16H17ClN4O2/c1-9-6-11(10-2-3-10)7-12-14(17)15(19-21(9)12)16(23)20-5-4-18-13(22)8-20/h6-7,10H,2-5,8H2,1H3,(H,18,22). The topological polar surface area (TPSA) is 66.7 Å². The van der Waals surface area contributed by atoms with Crippen LogP contribution >= 0.6 is 11.6 Å². The highest BCUT2D eigenvalue weighted by Gasteiger charge is 2.29. The molecule has 0 unspecified atom stereocenters. The number of hydrogen-bond acceptors (Lipinski definition) is 3. The van der Waals surface area contributed by atoms with Gasteiger partial charge in [-0.1, -0.05) is 11.6 Å². The predicted molar refractivity (Wildman–Crippen MR) is 85.8 cm³/mol. The Morgan fingerprint density at radius 3 is 2.87 bits per heavy atom. The van der Waals surface area contributed by atoms with Gasteiger partial charge in [0.1, 0.15) is 0 Å². The number of aromatic nitrogens is 2. The summed E-state index contributed by atoms with van der Waals surface area (Å²) >= 11 is 6.45. The molecular formula is C16H17ClN4O2. The van der Waals surface area contributed by atoms with Crippen LogP contribution in [0.25, 0.3) is 5.52 Å².